The number of nitrogens with one attached hydrogen (secondary N) is 1. The Morgan fingerprint density at radius 1 is 1.19 bits per heavy atom. The summed E-state index contributed by atoms with van der Waals surface area (Å²) in [6.45, 7) is 0. The monoisotopic (exact) mass is 320 g/mol. The molecule has 1 aromatic heterocycles. The molecular formula is C14H10Cl2N4O. The number of amides is 1. The minimum atomic E-state index is -0.463. The van der Waals surface area contributed by atoms with Crippen molar-refractivity contribution >= 4 is 40.0 Å². The lowest BCUT2D eigenvalue weighted by atomic mass is 10.2. The minimum absolute atomic E-state index is 0.235. The van der Waals surface area contributed by atoms with Crippen LogP contribution in [0.25, 0.3) is 16.6 Å². The highest BCUT2D eigenvalue weighted by Gasteiger charge is 2.18. The molecule has 0 fully saturated rings. The second-order valence-corrected chi connectivity index (χ2v) is 5.19. The first-order valence-electron chi connectivity index (χ1n) is 6.06. The van der Waals surface area contributed by atoms with Crippen LogP contribution in [0.1, 0.15) is 10.5 Å². The zero-order valence-electron chi connectivity index (χ0n) is 10.7. The Balaban J connectivity index is 2.30. The molecule has 3 aromatic rings. The number of nitrogens with zero attached hydrogens (tertiary/aromatic N) is 2. The molecule has 0 radical (unpaired) electrons. The van der Waals surface area contributed by atoms with E-state index in [1.54, 1.807) is 28.9 Å². The molecule has 106 valence electrons. The molecular weight excluding hydrogens is 311 g/mol. The zero-order valence-corrected chi connectivity index (χ0v) is 12.2. The normalized spacial score (nSPS) is 10.8. The number of nitrogen functional groups attached to an aromatic ring is 1. The first-order valence-corrected chi connectivity index (χ1v) is 6.81. The number of carbonyl (C=O) groups is 1. The summed E-state index contributed by atoms with van der Waals surface area (Å²) in [6.07, 6.45) is 0. The van der Waals surface area contributed by atoms with E-state index in [2.05, 4.69) is 10.5 Å². The summed E-state index contributed by atoms with van der Waals surface area (Å²) >= 11 is 12.1. The number of hydrogen-bond acceptors (Lipinski definition) is 3. The van der Waals surface area contributed by atoms with Crippen molar-refractivity contribution in [2.24, 2.45) is 5.84 Å². The number of nitrogens with two attached hydrogens (primary N) is 1. The molecule has 21 heavy (non-hydrogen) atoms. The maximum absolute atomic E-state index is 11.8. The predicted molar refractivity (Wildman–Crippen MR) is 82.7 cm³/mol. The first-order chi connectivity index (χ1) is 10.1. The number of benzene rings is 2. The van der Waals surface area contributed by atoms with Gasteiger partial charge in [-0.25, -0.2) is 10.5 Å². The number of hydrazine groups is 1. The summed E-state index contributed by atoms with van der Waals surface area (Å²) in [7, 11) is 0. The lowest BCUT2D eigenvalue weighted by molar-refractivity contribution is 0.0950. The van der Waals surface area contributed by atoms with Crippen molar-refractivity contribution in [2.75, 3.05) is 0 Å². The third kappa shape index (κ3) is 2.35. The van der Waals surface area contributed by atoms with E-state index < -0.39 is 5.91 Å². The molecule has 0 bridgehead atoms. The Bertz CT molecular complexity index is 844. The summed E-state index contributed by atoms with van der Waals surface area (Å²) in [5.41, 5.74) is 3.71. The third-order valence-corrected chi connectivity index (χ3v) is 3.61. The van der Waals surface area contributed by atoms with Crippen LogP contribution in [-0.4, -0.2) is 15.7 Å². The second-order valence-electron chi connectivity index (χ2n) is 4.35. The molecule has 0 saturated carbocycles. The van der Waals surface area contributed by atoms with Crippen LogP contribution in [0.2, 0.25) is 10.0 Å². The number of carbonyl (C=O) groups excluding carboxylic acids is 1. The highest BCUT2D eigenvalue weighted by Crippen LogP contribution is 2.28. The van der Waals surface area contributed by atoms with E-state index in [-0.39, 0.29) is 5.69 Å². The summed E-state index contributed by atoms with van der Waals surface area (Å²) in [5, 5.41) is 5.97. The van der Waals surface area contributed by atoms with Crippen LogP contribution in [-0.2, 0) is 0 Å². The highest BCUT2D eigenvalue weighted by atomic mass is 35.5. The van der Waals surface area contributed by atoms with Crippen LogP contribution in [0.3, 0.4) is 0 Å². The number of para-hydroxylation sites is 1. The van der Waals surface area contributed by atoms with E-state index in [9.17, 15) is 4.79 Å². The molecule has 3 N–H and O–H groups in total. The van der Waals surface area contributed by atoms with Crippen LogP contribution >= 0.6 is 23.2 Å². The molecule has 5 nitrogen and oxygen atoms in total. The summed E-state index contributed by atoms with van der Waals surface area (Å²) < 4.78 is 1.60. The van der Waals surface area contributed by atoms with Crippen molar-refractivity contribution in [3.8, 4) is 5.69 Å². The van der Waals surface area contributed by atoms with Gasteiger partial charge in [0.25, 0.3) is 5.91 Å². The van der Waals surface area contributed by atoms with Crippen LogP contribution in [0.15, 0.2) is 42.5 Å². The van der Waals surface area contributed by atoms with Gasteiger partial charge in [0.15, 0.2) is 5.69 Å². The molecule has 1 amide bonds. The van der Waals surface area contributed by atoms with Gasteiger partial charge >= 0.3 is 0 Å². The van der Waals surface area contributed by atoms with E-state index >= 15 is 0 Å². The topological polar surface area (TPSA) is 72.9 Å². The van der Waals surface area contributed by atoms with E-state index in [1.165, 1.54) is 0 Å². The van der Waals surface area contributed by atoms with Crippen molar-refractivity contribution < 1.29 is 4.79 Å². The van der Waals surface area contributed by atoms with Gasteiger partial charge in [0.05, 0.1) is 16.2 Å². The minimum Gasteiger partial charge on any atom is -0.289 e. The molecule has 2 aromatic carbocycles. The lowest BCUT2D eigenvalue weighted by Crippen LogP contribution is -2.30. The second kappa shape index (κ2) is 5.37. The molecule has 0 aliphatic carbocycles. The third-order valence-electron chi connectivity index (χ3n) is 3.07. The van der Waals surface area contributed by atoms with Crippen LogP contribution in [0.5, 0.6) is 0 Å². The smallest absolute Gasteiger partial charge is 0.286 e. The van der Waals surface area contributed by atoms with Gasteiger partial charge < -0.3 is 0 Å². The number of rotatable bonds is 2. The average molecular weight is 321 g/mol. The molecule has 1 heterocycles. The van der Waals surface area contributed by atoms with Gasteiger partial charge in [0.2, 0.25) is 0 Å². The largest absolute Gasteiger partial charge is 0.289 e. The molecule has 3 rings (SSSR count). The average Bonchev–Trinajstić information content (AvgIpc) is 2.86. The van der Waals surface area contributed by atoms with Crippen molar-refractivity contribution in [1.82, 2.24) is 15.2 Å². The summed E-state index contributed by atoms with van der Waals surface area (Å²) in [4.78, 5) is 11.8. The fourth-order valence-corrected chi connectivity index (χ4v) is 2.63. The number of halogens is 2. The molecule has 0 aliphatic rings. The van der Waals surface area contributed by atoms with E-state index in [1.807, 2.05) is 18.2 Å². The van der Waals surface area contributed by atoms with Gasteiger partial charge in [-0.05, 0) is 24.3 Å². The Hall–Kier alpha value is -2.08. The first kappa shape index (κ1) is 13.9. The number of hydrogen-bond donors (Lipinski definition) is 2. The molecule has 0 saturated heterocycles. The number of aromatic nitrogens is 2. The van der Waals surface area contributed by atoms with Gasteiger partial charge in [-0.15, -0.1) is 0 Å². The van der Waals surface area contributed by atoms with Crippen LogP contribution in [0, 0.1) is 0 Å². The quantitative estimate of drug-likeness (QED) is 0.433. The summed E-state index contributed by atoms with van der Waals surface area (Å²) in [5.74, 6) is 4.74. The fourth-order valence-electron chi connectivity index (χ4n) is 2.14. The Morgan fingerprint density at radius 2 is 1.95 bits per heavy atom. The van der Waals surface area contributed by atoms with Crippen molar-refractivity contribution in [3.05, 3.63) is 58.2 Å². The van der Waals surface area contributed by atoms with Crippen LogP contribution < -0.4 is 11.3 Å². The number of fused-ring (bicyclic) bond motifs is 1. The van der Waals surface area contributed by atoms with E-state index in [0.29, 0.717) is 21.1 Å². The predicted octanol–water partition coefficient (Wildman–Crippen LogP) is 2.94. The van der Waals surface area contributed by atoms with Crippen molar-refractivity contribution in [1.29, 1.82) is 0 Å². The lowest BCUT2D eigenvalue weighted by Gasteiger charge is -2.06. The molecule has 0 atom stereocenters. The molecule has 0 aliphatic heterocycles. The van der Waals surface area contributed by atoms with Gasteiger partial charge in [0.1, 0.15) is 0 Å². The van der Waals surface area contributed by atoms with Gasteiger partial charge in [-0.1, -0.05) is 41.4 Å². The summed E-state index contributed by atoms with van der Waals surface area (Å²) in [6, 6.07) is 12.4. The maximum Gasteiger partial charge on any atom is 0.286 e. The standard InChI is InChI=1S/C14H10Cl2N4O/c15-8-5-6-12(10(16)7-8)20-11-4-2-1-3-9(11)13(19-20)14(21)18-17/h1-7H,17H2,(H,18,21). The SMILES string of the molecule is NNC(=O)c1nn(-c2ccc(Cl)cc2Cl)c2ccccc12. The van der Waals surface area contributed by atoms with Gasteiger partial charge in [-0.2, -0.15) is 5.10 Å². The Morgan fingerprint density at radius 3 is 2.67 bits per heavy atom. The zero-order chi connectivity index (χ0) is 15.0. The van der Waals surface area contributed by atoms with Gasteiger partial charge in [0, 0.05) is 10.4 Å². The molecule has 0 spiro atoms. The van der Waals surface area contributed by atoms with Crippen LogP contribution in [0.4, 0.5) is 0 Å². The van der Waals surface area contributed by atoms with Crippen molar-refractivity contribution in [3.63, 3.8) is 0 Å². The van der Waals surface area contributed by atoms with E-state index in [0.717, 1.165) is 5.52 Å². The molecule has 7 heteroatoms. The van der Waals surface area contributed by atoms with E-state index in [4.69, 9.17) is 29.0 Å². The van der Waals surface area contributed by atoms with Crippen molar-refractivity contribution in [2.45, 2.75) is 0 Å². The maximum atomic E-state index is 11.8. The Labute approximate surface area is 130 Å². The fraction of sp³-hybridized carbons (Fsp3) is 0. The Kier molecular flexibility index (Phi) is 3.55. The molecule has 0 unspecified atom stereocenters. The van der Waals surface area contributed by atoms with Gasteiger partial charge in [-0.3, -0.25) is 10.2 Å². The highest BCUT2D eigenvalue weighted by molar-refractivity contribution is 6.35.